The summed E-state index contributed by atoms with van der Waals surface area (Å²) in [5, 5.41) is 16.3. The molecule has 1 amide bonds. The van der Waals surface area contributed by atoms with E-state index in [1.807, 2.05) is 6.07 Å². The number of amides is 1. The average Bonchev–Trinajstić information content (AvgIpc) is 3.22. The number of benzene rings is 1. The van der Waals surface area contributed by atoms with Crippen LogP contribution in [0.1, 0.15) is 18.4 Å². The predicted octanol–water partition coefficient (Wildman–Crippen LogP) is 3.22. The van der Waals surface area contributed by atoms with E-state index in [2.05, 4.69) is 10.5 Å². The molecular weight excluding hydrogens is 278 g/mol. The minimum atomic E-state index is -0.125. The summed E-state index contributed by atoms with van der Waals surface area (Å²) < 4.78 is 5.08. The third-order valence-electron chi connectivity index (χ3n) is 3.11. The molecule has 3 rings (SSSR count). The number of carbonyl (C=O) groups is 1. The van der Waals surface area contributed by atoms with E-state index in [0.717, 1.165) is 12.8 Å². The van der Waals surface area contributed by atoms with E-state index in [0.29, 0.717) is 16.3 Å². The van der Waals surface area contributed by atoms with Crippen molar-refractivity contribution in [1.82, 2.24) is 5.16 Å². The summed E-state index contributed by atoms with van der Waals surface area (Å²) in [6.07, 6.45) is 1.76. The van der Waals surface area contributed by atoms with Crippen molar-refractivity contribution in [3.8, 4) is 17.3 Å². The lowest BCUT2D eigenvalue weighted by atomic mass is 10.1. The summed E-state index contributed by atoms with van der Waals surface area (Å²) >= 11 is 5.82. The molecular formula is C14H10ClN3O2. The van der Waals surface area contributed by atoms with Crippen LogP contribution >= 0.6 is 11.6 Å². The molecule has 1 heterocycles. The van der Waals surface area contributed by atoms with Gasteiger partial charge in [0.05, 0.1) is 0 Å². The molecule has 1 aliphatic rings. The molecule has 0 saturated heterocycles. The first kappa shape index (κ1) is 12.7. The van der Waals surface area contributed by atoms with Crippen LogP contribution in [0, 0.1) is 17.2 Å². The number of anilines is 1. The van der Waals surface area contributed by atoms with Crippen LogP contribution in [0.3, 0.4) is 0 Å². The average molecular weight is 288 g/mol. The maximum atomic E-state index is 11.7. The molecule has 1 aromatic heterocycles. The maximum absolute atomic E-state index is 11.7. The van der Waals surface area contributed by atoms with Gasteiger partial charge in [-0.3, -0.25) is 10.1 Å². The number of hydrogen-bond acceptors (Lipinski definition) is 4. The van der Waals surface area contributed by atoms with Crippen LogP contribution in [-0.2, 0) is 4.79 Å². The number of nitriles is 1. The largest absolute Gasteiger partial charge is 0.336 e. The Kier molecular flexibility index (Phi) is 3.17. The Morgan fingerprint density at radius 1 is 1.40 bits per heavy atom. The lowest BCUT2D eigenvalue weighted by Crippen LogP contribution is -2.13. The van der Waals surface area contributed by atoms with Gasteiger partial charge in [-0.05, 0) is 25.0 Å². The smallest absolute Gasteiger partial charge is 0.249 e. The van der Waals surface area contributed by atoms with Crippen molar-refractivity contribution < 1.29 is 9.32 Å². The summed E-state index contributed by atoms with van der Waals surface area (Å²) in [5.74, 6) is 0.0141. The monoisotopic (exact) mass is 287 g/mol. The first-order valence-corrected chi connectivity index (χ1v) is 6.53. The lowest BCUT2D eigenvalue weighted by Gasteiger charge is -1.99. The van der Waals surface area contributed by atoms with Gasteiger partial charge in [-0.1, -0.05) is 28.9 Å². The van der Waals surface area contributed by atoms with E-state index in [9.17, 15) is 10.1 Å². The summed E-state index contributed by atoms with van der Waals surface area (Å²) in [6, 6.07) is 8.91. The number of nitrogens with zero attached hydrogens (tertiary/aromatic N) is 2. The third-order valence-corrected chi connectivity index (χ3v) is 3.36. The number of carbonyl (C=O) groups excluding carboxylic acids is 1. The van der Waals surface area contributed by atoms with E-state index in [4.69, 9.17) is 16.1 Å². The number of hydrogen-bond donors (Lipinski definition) is 1. The summed E-state index contributed by atoms with van der Waals surface area (Å²) in [6.45, 7) is 0. The second-order valence-electron chi connectivity index (χ2n) is 4.62. The minimum absolute atomic E-state index is 0.0330. The molecule has 6 heteroatoms. The molecule has 1 fully saturated rings. The fourth-order valence-electron chi connectivity index (χ4n) is 1.84. The van der Waals surface area contributed by atoms with Crippen molar-refractivity contribution in [3.05, 3.63) is 34.9 Å². The van der Waals surface area contributed by atoms with E-state index in [1.165, 1.54) is 0 Å². The number of rotatable bonds is 3. The molecule has 0 bridgehead atoms. The highest BCUT2D eigenvalue weighted by molar-refractivity contribution is 6.30. The highest BCUT2D eigenvalue weighted by Crippen LogP contribution is 2.33. The Labute approximate surface area is 120 Å². The zero-order valence-electron chi connectivity index (χ0n) is 10.4. The van der Waals surface area contributed by atoms with Gasteiger partial charge in [-0.2, -0.15) is 5.26 Å². The van der Waals surface area contributed by atoms with Crippen LogP contribution in [-0.4, -0.2) is 11.1 Å². The molecule has 0 unspecified atom stereocenters. The standard InChI is InChI=1S/C14H10ClN3O2/c15-10-5-3-8(4-6-10)12-11(7-16)14(20-18-12)17-13(19)9-1-2-9/h3-6,9H,1-2H2,(H,17,19). The number of aromatic nitrogens is 1. The van der Waals surface area contributed by atoms with Gasteiger partial charge in [0.1, 0.15) is 17.3 Å². The first-order chi connectivity index (χ1) is 9.69. The molecule has 0 radical (unpaired) electrons. The molecule has 1 aliphatic carbocycles. The van der Waals surface area contributed by atoms with Crippen molar-refractivity contribution in [1.29, 1.82) is 5.26 Å². The van der Waals surface area contributed by atoms with Gasteiger partial charge in [0.15, 0.2) is 0 Å². The van der Waals surface area contributed by atoms with Crippen LogP contribution in [0.25, 0.3) is 11.3 Å². The predicted molar refractivity (Wildman–Crippen MR) is 73.0 cm³/mol. The van der Waals surface area contributed by atoms with Crippen molar-refractivity contribution in [2.45, 2.75) is 12.8 Å². The molecule has 1 saturated carbocycles. The van der Waals surface area contributed by atoms with Gasteiger partial charge in [-0.15, -0.1) is 0 Å². The van der Waals surface area contributed by atoms with E-state index in [1.54, 1.807) is 24.3 Å². The molecule has 0 aliphatic heterocycles. The quantitative estimate of drug-likeness (QED) is 0.940. The van der Waals surface area contributed by atoms with Gasteiger partial charge in [0.2, 0.25) is 11.8 Å². The molecule has 2 aromatic rings. The molecule has 1 aromatic carbocycles. The molecule has 1 N–H and O–H groups in total. The van der Waals surface area contributed by atoms with E-state index in [-0.39, 0.29) is 23.3 Å². The first-order valence-electron chi connectivity index (χ1n) is 6.15. The Balaban J connectivity index is 1.92. The van der Waals surface area contributed by atoms with Crippen molar-refractivity contribution in [3.63, 3.8) is 0 Å². The summed E-state index contributed by atoms with van der Waals surface area (Å²) in [7, 11) is 0. The Morgan fingerprint density at radius 2 is 2.10 bits per heavy atom. The maximum Gasteiger partial charge on any atom is 0.249 e. The number of halogens is 1. The lowest BCUT2D eigenvalue weighted by molar-refractivity contribution is -0.117. The summed E-state index contributed by atoms with van der Waals surface area (Å²) in [5.41, 5.74) is 1.33. The fourth-order valence-corrected chi connectivity index (χ4v) is 1.97. The zero-order valence-corrected chi connectivity index (χ0v) is 11.1. The second-order valence-corrected chi connectivity index (χ2v) is 5.05. The van der Waals surface area contributed by atoms with Crippen LogP contribution in [0.5, 0.6) is 0 Å². The van der Waals surface area contributed by atoms with Crippen LogP contribution in [0.15, 0.2) is 28.8 Å². The van der Waals surface area contributed by atoms with Crippen LogP contribution in [0.4, 0.5) is 5.88 Å². The SMILES string of the molecule is N#Cc1c(-c2ccc(Cl)cc2)noc1NC(=O)C1CC1. The number of nitrogens with one attached hydrogen (secondary N) is 1. The van der Waals surface area contributed by atoms with Crippen molar-refractivity contribution in [2.75, 3.05) is 5.32 Å². The highest BCUT2D eigenvalue weighted by atomic mass is 35.5. The molecule has 0 spiro atoms. The molecule has 0 atom stereocenters. The van der Waals surface area contributed by atoms with Crippen LogP contribution in [0.2, 0.25) is 5.02 Å². The van der Waals surface area contributed by atoms with Gasteiger partial charge < -0.3 is 4.52 Å². The normalized spacial score (nSPS) is 13.8. The topological polar surface area (TPSA) is 78.9 Å². The Morgan fingerprint density at radius 3 is 2.70 bits per heavy atom. The second kappa shape index (κ2) is 4.99. The van der Waals surface area contributed by atoms with Gasteiger partial charge in [-0.25, -0.2) is 0 Å². The summed E-state index contributed by atoms with van der Waals surface area (Å²) in [4.78, 5) is 11.7. The van der Waals surface area contributed by atoms with Gasteiger partial charge >= 0.3 is 0 Å². The molecule has 20 heavy (non-hydrogen) atoms. The minimum Gasteiger partial charge on any atom is -0.336 e. The highest BCUT2D eigenvalue weighted by Gasteiger charge is 2.31. The molecule has 100 valence electrons. The van der Waals surface area contributed by atoms with Crippen molar-refractivity contribution >= 4 is 23.4 Å². The Bertz CT molecular complexity index is 696. The van der Waals surface area contributed by atoms with Crippen LogP contribution < -0.4 is 5.32 Å². The Hall–Kier alpha value is -2.32. The molecule has 5 nitrogen and oxygen atoms in total. The van der Waals surface area contributed by atoms with Gasteiger partial charge in [0, 0.05) is 16.5 Å². The van der Waals surface area contributed by atoms with Gasteiger partial charge in [0.25, 0.3) is 0 Å². The van der Waals surface area contributed by atoms with E-state index >= 15 is 0 Å². The zero-order chi connectivity index (χ0) is 14.1. The van der Waals surface area contributed by atoms with E-state index < -0.39 is 0 Å². The fraction of sp³-hybridized carbons (Fsp3) is 0.214. The third kappa shape index (κ3) is 2.38. The van der Waals surface area contributed by atoms with Crippen molar-refractivity contribution in [2.24, 2.45) is 5.92 Å².